The van der Waals surface area contributed by atoms with Crippen LogP contribution in [0.1, 0.15) is 29.5 Å². The maximum atomic E-state index is 11.9. The van der Waals surface area contributed by atoms with Crippen LogP contribution in [0.15, 0.2) is 42.5 Å². The van der Waals surface area contributed by atoms with E-state index >= 15 is 0 Å². The zero-order valence-corrected chi connectivity index (χ0v) is 16.7. The van der Waals surface area contributed by atoms with Gasteiger partial charge in [-0.05, 0) is 47.1 Å². The average Bonchev–Trinajstić information content (AvgIpc) is 3.03. The second-order valence-electron chi connectivity index (χ2n) is 6.77. The Morgan fingerprint density at radius 1 is 1.04 bits per heavy atom. The molecule has 0 aromatic heterocycles. The molecule has 0 radical (unpaired) electrons. The Labute approximate surface area is 168 Å². The minimum Gasteiger partial charge on any atom is -0.383 e. The van der Waals surface area contributed by atoms with Crippen molar-refractivity contribution in [1.82, 2.24) is 10.6 Å². The predicted molar refractivity (Wildman–Crippen MR) is 113 cm³/mol. The molecule has 0 saturated heterocycles. The number of rotatable bonds is 10. The van der Waals surface area contributed by atoms with Gasteiger partial charge in [-0.2, -0.15) is 0 Å². The van der Waals surface area contributed by atoms with Gasteiger partial charge < -0.3 is 15.4 Å². The molecule has 3 rings (SSSR count). The molecule has 146 valence electrons. The fourth-order valence-corrected chi connectivity index (χ4v) is 3.46. The molecule has 0 fully saturated rings. The number of ether oxygens (including phenoxy) is 1. The van der Waals surface area contributed by atoms with Gasteiger partial charge in [0.25, 0.3) is 0 Å². The molecule has 1 aliphatic carbocycles. The fraction of sp³-hybridized carbons (Fsp3) is 0.409. The Morgan fingerprint density at radius 2 is 1.85 bits per heavy atom. The quantitative estimate of drug-likeness (QED) is 0.523. The first-order valence-corrected chi connectivity index (χ1v) is 9.44. The van der Waals surface area contributed by atoms with Gasteiger partial charge in [-0.15, -0.1) is 12.4 Å². The van der Waals surface area contributed by atoms with E-state index in [1.807, 2.05) is 0 Å². The molecule has 27 heavy (non-hydrogen) atoms. The van der Waals surface area contributed by atoms with Crippen molar-refractivity contribution in [2.75, 3.05) is 33.4 Å². The zero-order valence-electron chi connectivity index (χ0n) is 15.9. The van der Waals surface area contributed by atoms with Crippen LogP contribution in [0.5, 0.6) is 0 Å². The van der Waals surface area contributed by atoms with E-state index in [0.717, 1.165) is 32.4 Å². The van der Waals surface area contributed by atoms with E-state index < -0.39 is 0 Å². The molecule has 0 heterocycles. The summed E-state index contributed by atoms with van der Waals surface area (Å²) in [5.74, 6) is 0.130. The smallest absolute Gasteiger partial charge is 0.220 e. The van der Waals surface area contributed by atoms with Gasteiger partial charge in [-0.3, -0.25) is 4.79 Å². The number of carbonyl (C=O) groups is 1. The van der Waals surface area contributed by atoms with Gasteiger partial charge in [0.1, 0.15) is 0 Å². The summed E-state index contributed by atoms with van der Waals surface area (Å²) in [5.41, 5.74) is 6.87. The van der Waals surface area contributed by atoms with Gasteiger partial charge >= 0.3 is 0 Å². The van der Waals surface area contributed by atoms with E-state index in [2.05, 4.69) is 53.1 Å². The molecule has 0 bridgehead atoms. The lowest BCUT2D eigenvalue weighted by Crippen LogP contribution is -2.32. The number of fused-ring (bicyclic) bond motifs is 3. The van der Waals surface area contributed by atoms with Gasteiger partial charge in [0, 0.05) is 33.2 Å². The van der Waals surface area contributed by atoms with Crippen LogP contribution in [0.25, 0.3) is 11.1 Å². The molecule has 0 aliphatic heterocycles. The summed E-state index contributed by atoms with van der Waals surface area (Å²) in [5, 5.41) is 6.17. The highest BCUT2D eigenvalue weighted by molar-refractivity contribution is 5.85. The molecule has 0 unspecified atom stereocenters. The molecule has 2 N–H and O–H groups in total. The average molecular weight is 389 g/mol. The first-order chi connectivity index (χ1) is 12.8. The zero-order chi connectivity index (χ0) is 18.2. The highest BCUT2D eigenvalue weighted by Gasteiger charge is 2.17. The summed E-state index contributed by atoms with van der Waals surface area (Å²) >= 11 is 0. The molecule has 2 aromatic rings. The van der Waals surface area contributed by atoms with Gasteiger partial charge in [0.15, 0.2) is 0 Å². The van der Waals surface area contributed by atoms with Gasteiger partial charge in [-0.25, -0.2) is 0 Å². The Bertz CT molecular complexity index is 749. The van der Waals surface area contributed by atoms with Gasteiger partial charge in [0.2, 0.25) is 5.91 Å². The van der Waals surface area contributed by atoms with Crippen LogP contribution in [0.3, 0.4) is 0 Å². The number of hydrogen-bond donors (Lipinski definition) is 2. The first-order valence-electron chi connectivity index (χ1n) is 9.44. The van der Waals surface area contributed by atoms with Crippen molar-refractivity contribution in [2.45, 2.75) is 25.7 Å². The fourth-order valence-electron chi connectivity index (χ4n) is 3.46. The number of aryl methyl sites for hydroxylation is 1. The number of carbonyl (C=O) groups excluding carboxylic acids is 1. The lowest BCUT2D eigenvalue weighted by molar-refractivity contribution is -0.121. The van der Waals surface area contributed by atoms with Crippen molar-refractivity contribution in [2.24, 2.45) is 0 Å². The van der Waals surface area contributed by atoms with Crippen molar-refractivity contribution in [1.29, 1.82) is 0 Å². The highest BCUT2D eigenvalue weighted by Crippen LogP contribution is 2.36. The Hall–Kier alpha value is -1.88. The summed E-state index contributed by atoms with van der Waals surface area (Å²) in [6, 6.07) is 15.4. The van der Waals surface area contributed by atoms with E-state index in [0.29, 0.717) is 19.6 Å². The van der Waals surface area contributed by atoms with Crippen LogP contribution in [-0.2, 0) is 22.4 Å². The summed E-state index contributed by atoms with van der Waals surface area (Å²) in [6.45, 7) is 2.95. The van der Waals surface area contributed by atoms with Crippen molar-refractivity contribution < 1.29 is 9.53 Å². The van der Waals surface area contributed by atoms with Crippen LogP contribution < -0.4 is 10.6 Å². The van der Waals surface area contributed by atoms with Gasteiger partial charge in [-0.1, -0.05) is 42.5 Å². The van der Waals surface area contributed by atoms with Crippen LogP contribution in [0.2, 0.25) is 0 Å². The number of halogens is 1. The van der Waals surface area contributed by atoms with Crippen LogP contribution in [0.4, 0.5) is 0 Å². The van der Waals surface area contributed by atoms with E-state index in [1.165, 1.54) is 27.8 Å². The Balaban J connectivity index is 0.00000261. The van der Waals surface area contributed by atoms with E-state index in [1.54, 1.807) is 7.11 Å². The molecular formula is C22H29ClN2O2. The van der Waals surface area contributed by atoms with E-state index in [9.17, 15) is 4.79 Å². The van der Waals surface area contributed by atoms with Crippen molar-refractivity contribution in [3.8, 4) is 11.1 Å². The van der Waals surface area contributed by atoms with Crippen molar-refractivity contribution in [3.05, 3.63) is 59.2 Å². The number of amides is 1. The summed E-state index contributed by atoms with van der Waals surface area (Å²) in [4.78, 5) is 11.9. The minimum absolute atomic E-state index is 0. The number of nitrogens with one attached hydrogen (secondary N) is 2. The van der Waals surface area contributed by atoms with Crippen LogP contribution in [0, 0.1) is 0 Å². The number of benzene rings is 2. The third kappa shape index (κ3) is 6.06. The van der Waals surface area contributed by atoms with Crippen molar-refractivity contribution in [3.63, 3.8) is 0 Å². The third-order valence-corrected chi connectivity index (χ3v) is 4.84. The maximum absolute atomic E-state index is 11.9. The summed E-state index contributed by atoms with van der Waals surface area (Å²) in [7, 11) is 1.68. The largest absolute Gasteiger partial charge is 0.383 e. The Morgan fingerprint density at radius 3 is 2.70 bits per heavy atom. The summed E-state index contributed by atoms with van der Waals surface area (Å²) < 4.78 is 4.96. The monoisotopic (exact) mass is 388 g/mol. The SMILES string of the molecule is COCCNCCNC(=O)CCCc1ccc2c(c1)-c1ccccc1C2.Cl. The molecule has 0 atom stereocenters. The summed E-state index contributed by atoms with van der Waals surface area (Å²) in [6.07, 6.45) is 3.43. The van der Waals surface area contributed by atoms with Gasteiger partial charge in [0.05, 0.1) is 6.61 Å². The lowest BCUT2D eigenvalue weighted by atomic mass is 10.00. The lowest BCUT2D eigenvalue weighted by Gasteiger charge is -2.08. The molecule has 2 aromatic carbocycles. The maximum Gasteiger partial charge on any atom is 0.220 e. The third-order valence-electron chi connectivity index (χ3n) is 4.84. The van der Waals surface area contributed by atoms with Crippen molar-refractivity contribution >= 4 is 18.3 Å². The first kappa shape index (κ1) is 21.4. The molecule has 1 amide bonds. The van der Waals surface area contributed by atoms with Crippen LogP contribution in [-0.4, -0.2) is 39.3 Å². The Kier molecular flexibility index (Phi) is 8.79. The van der Waals surface area contributed by atoms with E-state index in [-0.39, 0.29) is 18.3 Å². The second kappa shape index (κ2) is 11.1. The minimum atomic E-state index is 0. The molecule has 5 heteroatoms. The highest BCUT2D eigenvalue weighted by atomic mass is 35.5. The molecule has 1 aliphatic rings. The van der Waals surface area contributed by atoms with Crippen LogP contribution >= 0.6 is 12.4 Å². The van der Waals surface area contributed by atoms with E-state index in [4.69, 9.17) is 4.74 Å². The number of methoxy groups -OCH3 is 1. The number of hydrogen-bond acceptors (Lipinski definition) is 3. The molecular weight excluding hydrogens is 360 g/mol. The topological polar surface area (TPSA) is 50.4 Å². The second-order valence-corrected chi connectivity index (χ2v) is 6.77. The molecule has 0 spiro atoms. The normalized spacial score (nSPS) is 11.4. The molecule has 0 saturated carbocycles. The molecule has 4 nitrogen and oxygen atoms in total. The predicted octanol–water partition coefficient (Wildman–Crippen LogP) is 3.35. The standard InChI is InChI=1S/C22H28N2O2.ClH/c1-26-14-13-23-11-12-24-22(25)8-4-5-17-9-10-19-16-18-6-2-3-7-20(18)21(19)15-17;/h2-3,6-7,9-10,15,23H,4-5,8,11-14,16H2,1H3,(H,24,25);1H.